The number of hydrogen-bond donors (Lipinski definition) is 0. The van der Waals surface area contributed by atoms with E-state index in [-0.39, 0.29) is 5.97 Å². The normalized spacial score (nSPS) is 15.8. The Kier molecular flexibility index (Phi) is 4.94. The second-order valence-corrected chi connectivity index (χ2v) is 6.05. The van der Waals surface area contributed by atoms with Gasteiger partial charge >= 0.3 is 5.97 Å². The molecule has 1 aliphatic rings. The van der Waals surface area contributed by atoms with Crippen LogP contribution in [0.15, 0.2) is 53.5 Å². The van der Waals surface area contributed by atoms with E-state index in [2.05, 4.69) is 29.2 Å². The highest BCUT2D eigenvalue weighted by Gasteiger charge is 2.20. The maximum Gasteiger partial charge on any atom is 0.340 e. The number of carbonyl (C=O) groups excluding carboxylic acids is 1. The van der Waals surface area contributed by atoms with Crippen molar-refractivity contribution in [2.45, 2.75) is 26.3 Å². The molecule has 1 heterocycles. The lowest BCUT2D eigenvalue weighted by Gasteiger charge is -2.19. The quantitative estimate of drug-likeness (QED) is 0.796. The Labute approximate surface area is 142 Å². The van der Waals surface area contributed by atoms with E-state index in [4.69, 9.17) is 9.73 Å². The SMILES string of the molecule is COC(=O)c1cc(C)ccc1/N=C1/CCCN1Cc1ccccc1. The average Bonchev–Trinajstić information content (AvgIpc) is 3.03. The van der Waals surface area contributed by atoms with Crippen molar-refractivity contribution >= 4 is 17.5 Å². The third-order valence-electron chi connectivity index (χ3n) is 4.22. The van der Waals surface area contributed by atoms with Gasteiger partial charge in [-0.3, -0.25) is 0 Å². The smallest absolute Gasteiger partial charge is 0.340 e. The highest BCUT2D eigenvalue weighted by Crippen LogP contribution is 2.25. The Balaban J connectivity index is 1.88. The molecule has 0 aliphatic carbocycles. The zero-order valence-corrected chi connectivity index (χ0v) is 14.2. The molecule has 0 unspecified atom stereocenters. The topological polar surface area (TPSA) is 41.9 Å². The van der Waals surface area contributed by atoms with Crippen molar-refractivity contribution in [1.29, 1.82) is 0 Å². The van der Waals surface area contributed by atoms with Gasteiger partial charge in [0.2, 0.25) is 0 Å². The fourth-order valence-corrected chi connectivity index (χ4v) is 2.98. The summed E-state index contributed by atoms with van der Waals surface area (Å²) >= 11 is 0. The number of benzene rings is 2. The Hall–Kier alpha value is -2.62. The van der Waals surface area contributed by atoms with Crippen LogP contribution < -0.4 is 0 Å². The largest absolute Gasteiger partial charge is 0.465 e. The number of amidine groups is 1. The molecule has 0 radical (unpaired) electrons. The number of aliphatic imine (C=N–C) groups is 1. The van der Waals surface area contributed by atoms with E-state index < -0.39 is 0 Å². The second kappa shape index (κ2) is 7.30. The van der Waals surface area contributed by atoms with Gasteiger partial charge in [0, 0.05) is 19.5 Å². The van der Waals surface area contributed by atoms with Crippen LogP contribution in [0.4, 0.5) is 5.69 Å². The fraction of sp³-hybridized carbons (Fsp3) is 0.300. The van der Waals surface area contributed by atoms with Gasteiger partial charge in [0.15, 0.2) is 0 Å². The van der Waals surface area contributed by atoms with E-state index in [0.29, 0.717) is 11.3 Å². The van der Waals surface area contributed by atoms with Crippen molar-refractivity contribution in [1.82, 2.24) is 4.90 Å². The number of carbonyl (C=O) groups is 1. The van der Waals surface area contributed by atoms with Gasteiger partial charge in [-0.05, 0) is 31.0 Å². The van der Waals surface area contributed by atoms with E-state index in [1.165, 1.54) is 12.7 Å². The molecule has 0 atom stereocenters. The number of nitrogens with zero attached hydrogens (tertiary/aromatic N) is 2. The molecule has 4 heteroatoms. The van der Waals surface area contributed by atoms with Crippen LogP contribution in [0, 0.1) is 6.92 Å². The predicted molar refractivity (Wildman–Crippen MR) is 95.7 cm³/mol. The molecule has 4 nitrogen and oxygen atoms in total. The minimum atomic E-state index is -0.342. The molecule has 1 fully saturated rings. The summed E-state index contributed by atoms with van der Waals surface area (Å²) < 4.78 is 4.90. The van der Waals surface area contributed by atoms with Crippen LogP contribution in [0.25, 0.3) is 0 Å². The molecule has 1 aliphatic heterocycles. The van der Waals surface area contributed by atoms with E-state index in [1.807, 2.05) is 31.2 Å². The monoisotopic (exact) mass is 322 g/mol. The summed E-state index contributed by atoms with van der Waals surface area (Å²) in [6.45, 7) is 3.80. The molecule has 0 saturated carbocycles. The molecule has 1 saturated heterocycles. The molecule has 0 aromatic heterocycles. The number of esters is 1. The van der Waals surface area contributed by atoms with Crippen LogP contribution in [0.2, 0.25) is 0 Å². The molecule has 2 aromatic carbocycles. The third-order valence-corrected chi connectivity index (χ3v) is 4.22. The molecule has 0 amide bonds. The van der Waals surface area contributed by atoms with Gasteiger partial charge in [0.05, 0.1) is 18.4 Å². The maximum absolute atomic E-state index is 12.0. The number of hydrogen-bond acceptors (Lipinski definition) is 3. The lowest BCUT2D eigenvalue weighted by molar-refractivity contribution is 0.0601. The van der Waals surface area contributed by atoms with Crippen molar-refractivity contribution in [3.8, 4) is 0 Å². The Morgan fingerprint density at radius 3 is 2.75 bits per heavy atom. The number of likely N-dealkylation sites (tertiary alicyclic amines) is 1. The molecular weight excluding hydrogens is 300 g/mol. The van der Waals surface area contributed by atoms with Crippen LogP contribution in [0.3, 0.4) is 0 Å². The highest BCUT2D eigenvalue weighted by atomic mass is 16.5. The van der Waals surface area contributed by atoms with Gasteiger partial charge < -0.3 is 9.64 Å². The first kappa shape index (κ1) is 16.2. The summed E-state index contributed by atoms with van der Waals surface area (Å²) in [5.74, 6) is 0.693. The first-order chi connectivity index (χ1) is 11.7. The number of ether oxygens (including phenoxy) is 1. The number of rotatable bonds is 4. The summed E-state index contributed by atoms with van der Waals surface area (Å²) in [5.41, 5.74) is 3.50. The number of methoxy groups -OCH3 is 1. The zero-order chi connectivity index (χ0) is 16.9. The van der Waals surface area contributed by atoms with Crippen molar-refractivity contribution < 1.29 is 9.53 Å². The van der Waals surface area contributed by atoms with Gasteiger partial charge in [-0.25, -0.2) is 9.79 Å². The van der Waals surface area contributed by atoms with Crippen molar-refractivity contribution in [3.05, 3.63) is 65.2 Å². The lowest BCUT2D eigenvalue weighted by atomic mass is 10.1. The summed E-state index contributed by atoms with van der Waals surface area (Å²) in [6.07, 6.45) is 2.02. The van der Waals surface area contributed by atoms with Crippen LogP contribution >= 0.6 is 0 Å². The number of aryl methyl sites for hydroxylation is 1. The van der Waals surface area contributed by atoms with E-state index in [1.54, 1.807) is 0 Å². The van der Waals surface area contributed by atoms with Crippen LogP contribution in [0.5, 0.6) is 0 Å². The Bertz CT molecular complexity index is 753. The van der Waals surface area contributed by atoms with Crippen molar-refractivity contribution in [2.24, 2.45) is 4.99 Å². The molecule has 0 spiro atoms. The molecule has 24 heavy (non-hydrogen) atoms. The second-order valence-electron chi connectivity index (χ2n) is 6.05. The minimum Gasteiger partial charge on any atom is -0.465 e. The van der Waals surface area contributed by atoms with Gasteiger partial charge in [0.1, 0.15) is 5.84 Å². The van der Waals surface area contributed by atoms with E-state index in [9.17, 15) is 4.79 Å². The first-order valence-electron chi connectivity index (χ1n) is 8.23. The van der Waals surface area contributed by atoms with E-state index in [0.717, 1.165) is 37.3 Å². The van der Waals surface area contributed by atoms with Gasteiger partial charge in [-0.15, -0.1) is 0 Å². The van der Waals surface area contributed by atoms with Crippen molar-refractivity contribution in [3.63, 3.8) is 0 Å². The van der Waals surface area contributed by atoms with Gasteiger partial charge in [-0.2, -0.15) is 0 Å². The zero-order valence-electron chi connectivity index (χ0n) is 14.2. The Morgan fingerprint density at radius 1 is 1.21 bits per heavy atom. The molecule has 3 rings (SSSR count). The third kappa shape index (κ3) is 3.65. The summed E-state index contributed by atoms with van der Waals surface area (Å²) in [4.78, 5) is 19.1. The minimum absolute atomic E-state index is 0.342. The van der Waals surface area contributed by atoms with Crippen LogP contribution in [0.1, 0.15) is 34.3 Å². The molecule has 0 bridgehead atoms. The summed E-state index contributed by atoms with van der Waals surface area (Å²) in [5, 5.41) is 0. The summed E-state index contributed by atoms with van der Waals surface area (Å²) in [6, 6.07) is 16.1. The first-order valence-corrected chi connectivity index (χ1v) is 8.23. The molecule has 124 valence electrons. The summed E-state index contributed by atoms with van der Waals surface area (Å²) in [7, 11) is 1.40. The molecule has 2 aromatic rings. The van der Waals surface area contributed by atoms with Crippen LogP contribution in [-0.2, 0) is 11.3 Å². The molecule has 0 N–H and O–H groups in total. The highest BCUT2D eigenvalue weighted by molar-refractivity contribution is 5.97. The van der Waals surface area contributed by atoms with Gasteiger partial charge in [-0.1, -0.05) is 42.0 Å². The Morgan fingerprint density at radius 2 is 2.00 bits per heavy atom. The fourth-order valence-electron chi connectivity index (χ4n) is 2.98. The average molecular weight is 322 g/mol. The maximum atomic E-state index is 12.0. The van der Waals surface area contributed by atoms with Crippen molar-refractivity contribution in [2.75, 3.05) is 13.7 Å². The standard InChI is InChI=1S/C20H22N2O2/c1-15-10-11-18(17(13-15)20(23)24-2)21-19-9-6-12-22(19)14-16-7-4-3-5-8-16/h3-5,7-8,10-11,13H,6,9,12,14H2,1-2H3/b21-19-. The molecular formula is C20H22N2O2. The predicted octanol–water partition coefficient (Wildman–Crippen LogP) is 4.11. The van der Waals surface area contributed by atoms with E-state index >= 15 is 0 Å². The lowest BCUT2D eigenvalue weighted by Crippen LogP contribution is -2.24. The van der Waals surface area contributed by atoms with Crippen LogP contribution in [-0.4, -0.2) is 30.4 Å². The van der Waals surface area contributed by atoms with Gasteiger partial charge in [0.25, 0.3) is 0 Å².